The summed E-state index contributed by atoms with van der Waals surface area (Å²) in [7, 11) is -3.64. The van der Waals surface area contributed by atoms with Crippen LogP contribution in [0.5, 0.6) is 0 Å². The number of rotatable bonds is 4. The van der Waals surface area contributed by atoms with Gasteiger partial charge in [0.05, 0.1) is 17.5 Å². The lowest BCUT2D eigenvalue weighted by Crippen LogP contribution is -2.52. The molecule has 3 rings (SSSR count). The lowest BCUT2D eigenvalue weighted by Gasteiger charge is -2.31. The van der Waals surface area contributed by atoms with E-state index in [2.05, 4.69) is 5.32 Å². The Morgan fingerprint density at radius 1 is 1.00 bits per heavy atom. The molecule has 15 heteroatoms. The number of hydrogen-bond acceptors (Lipinski definition) is 6. The van der Waals surface area contributed by atoms with Crippen molar-refractivity contribution in [2.45, 2.75) is 61.6 Å². The van der Waals surface area contributed by atoms with Crippen LogP contribution in [0.3, 0.4) is 0 Å². The van der Waals surface area contributed by atoms with E-state index in [0.717, 1.165) is 23.3 Å². The van der Waals surface area contributed by atoms with Gasteiger partial charge in [-0.15, -0.1) is 0 Å². The second-order valence-electron chi connectivity index (χ2n) is 10.1. The number of sulfone groups is 1. The molecule has 1 heterocycles. The number of fused-ring (bicyclic) bond motifs is 1. The van der Waals surface area contributed by atoms with Gasteiger partial charge in [-0.1, -0.05) is 18.2 Å². The number of anilines is 1. The zero-order valence-electron chi connectivity index (χ0n) is 21.4. The van der Waals surface area contributed by atoms with Crippen LogP contribution in [-0.4, -0.2) is 49.5 Å². The molecule has 0 fully saturated rings. The van der Waals surface area contributed by atoms with E-state index in [0.29, 0.717) is 23.8 Å². The lowest BCUT2D eigenvalue weighted by atomic mass is 9.80. The van der Waals surface area contributed by atoms with Gasteiger partial charge in [0.1, 0.15) is 11.6 Å². The van der Waals surface area contributed by atoms with Crippen molar-refractivity contribution < 1.29 is 49.1 Å². The van der Waals surface area contributed by atoms with Gasteiger partial charge in [0.15, 0.2) is 9.84 Å². The standard InChI is InChI=1S/C25H23F6N3O5S/c1-22(2,3)39-21(36)34-12-14-11-17(40(4,37)38)9-10-18(14)19(34)20(35)33-16-7-5-15(6-8-16)23(13-32,24(26,27)28)25(29,30)31/h5-11,19H,12H2,1-4H3,(H,33,35). The molecule has 0 saturated heterocycles. The zero-order valence-corrected chi connectivity index (χ0v) is 22.3. The van der Waals surface area contributed by atoms with Crippen molar-refractivity contribution in [3.05, 3.63) is 59.2 Å². The number of hydrogen-bond donors (Lipinski definition) is 1. The van der Waals surface area contributed by atoms with E-state index in [1.165, 1.54) is 18.2 Å². The quantitative estimate of drug-likeness (QED) is 0.476. The number of carbonyl (C=O) groups is 2. The Morgan fingerprint density at radius 3 is 2.00 bits per heavy atom. The van der Waals surface area contributed by atoms with Crippen molar-refractivity contribution in [3.8, 4) is 6.07 Å². The predicted molar refractivity (Wildman–Crippen MR) is 129 cm³/mol. The van der Waals surface area contributed by atoms with Gasteiger partial charge in [0.25, 0.3) is 11.3 Å². The van der Waals surface area contributed by atoms with E-state index >= 15 is 0 Å². The summed E-state index contributed by atoms with van der Waals surface area (Å²) in [6.45, 7) is 4.52. The Bertz CT molecular complexity index is 1460. The minimum absolute atomic E-state index is 0.0673. The van der Waals surface area contributed by atoms with Crippen LogP contribution in [0.25, 0.3) is 0 Å². The van der Waals surface area contributed by atoms with Gasteiger partial charge in [-0.05, 0) is 61.7 Å². The highest BCUT2D eigenvalue weighted by atomic mass is 32.2. The topological polar surface area (TPSA) is 117 Å². The first-order valence-corrected chi connectivity index (χ1v) is 13.3. The molecule has 1 unspecified atom stereocenters. The Labute approximate surface area is 225 Å². The summed E-state index contributed by atoms with van der Waals surface area (Å²) in [5.41, 5.74) is -6.83. The van der Waals surface area contributed by atoms with Gasteiger partial charge in [0, 0.05) is 11.9 Å². The number of alkyl halides is 6. The minimum Gasteiger partial charge on any atom is -0.444 e. The first kappa shape index (κ1) is 30.7. The van der Waals surface area contributed by atoms with Crippen molar-refractivity contribution in [2.24, 2.45) is 0 Å². The van der Waals surface area contributed by atoms with Crippen molar-refractivity contribution in [1.29, 1.82) is 5.26 Å². The molecule has 0 radical (unpaired) electrons. The van der Waals surface area contributed by atoms with Gasteiger partial charge in [-0.2, -0.15) is 31.6 Å². The first-order chi connectivity index (χ1) is 18.1. The molecule has 2 aromatic rings. The molecule has 1 atom stereocenters. The summed E-state index contributed by atoms with van der Waals surface area (Å²) in [6, 6.07) is 5.19. The maximum atomic E-state index is 13.5. The summed E-state index contributed by atoms with van der Waals surface area (Å²) < 4.78 is 110. The van der Waals surface area contributed by atoms with Crippen LogP contribution < -0.4 is 5.32 Å². The van der Waals surface area contributed by atoms with Crippen molar-refractivity contribution in [1.82, 2.24) is 4.90 Å². The first-order valence-electron chi connectivity index (χ1n) is 11.4. The molecule has 2 amide bonds. The number of amides is 2. The average Bonchev–Trinajstić information content (AvgIpc) is 3.16. The van der Waals surface area contributed by atoms with E-state index in [9.17, 15) is 44.3 Å². The average molecular weight is 592 g/mol. The molecule has 0 aromatic heterocycles. The predicted octanol–water partition coefficient (Wildman–Crippen LogP) is 5.41. The summed E-state index contributed by atoms with van der Waals surface area (Å²) in [6.07, 6.45) is -11.9. The molecule has 1 N–H and O–H groups in total. The van der Waals surface area contributed by atoms with Crippen molar-refractivity contribution in [3.63, 3.8) is 0 Å². The van der Waals surface area contributed by atoms with E-state index in [4.69, 9.17) is 10.00 Å². The highest BCUT2D eigenvalue weighted by molar-refractivity contribution is 7.90. The molecule has 0 spiro atoms. The minimum atomic E-state index is -5.99. The van der Waals surface area contributed by atoms with Crippen LogP contribution in [-0.2, 0) is 31.3 Å². The fraction of sp³-hybridized carbons (Fsp3) is 0.400. The summed E-state index contributed by atoms with van der Waals surface area (Å²) >= 11 is 0. The molecule has 2 aromatic carbocycles. The van der Waals surface area contributed by atoms with Crippen LogP contribution in [0.2, 0.25) is 0 Å². The zero-order chi connectivity index (χ0) is 30.5. The number of nitrogens with one attached hydrogen (secondary N) is 1. The highest BCUT2D eigenvalue weighted by Gasteiger charge is 2.72. The van der Waals surface area contributed by atoms with Crippen molar-refractivity contribution in [2.75, 3.05) is 11.6 Å². The number of halogens is 6. The van der Waals surface area contributed by atoms with Crippen LogP contribution in [0.1, 0.15) is 43.5 Å². The molecule has 0 bridgehead atoms. The second-order valence-corrected chi connectivity index (χ2v) is 12.1. The van der Waals surface area contributed by atoms with Gasteiger partial charge in [-0.3, -0.25) is 9.69 Å². The number of nitrogens with zero attached hydrogens (tertiary/aromatic N) is 2. The smallest absolute Gasteiger partial charge is 0.420 e. The molecule has 40 heavy (non-hydrogen) atoms. The maximum Gasteiger partial charge on any atom is 0.420 e. The highest BCUT2D eigenvalue weighted by Crippen LogP contribution is 2.51. The number of ether oxygens (including phenoxy) is 1. The molecular formula is C25H23F6N3O5S. The summed E-state index contributed by atoms with van der Waals surface area (Å²) in [5.74, 6) is -0.900. The lowest BCUT2D eigenvalue weighted by molar-refractivity contribution is -0.283. The summed E-state index contributed by atoms with van der Waals surface area (Å²) in [4.78, 5) is 27.2. The SMILES string of the molecule is CC(C)(C)OC(=O)N1Cc2cc(S(C)(=O)=O)ccc2C1C(=O)Nc1ccc(C(C#N)(C(F)(F)F)C(F)(F)F)cc1. The van der Waals surface area contributed by atoms with Gasteiger partial charge < -0.3 is 10.1 Å². The normalized spacial score (nSPS) is 16.2. The van der Waals surface area contributed by atoms with E-state index in [-0.39, 0.29) is 22.7 Å². The number of carbonyl (C=O) groups excluding carboxylic acids is 2. The second kappa shape index (κ2) is 9.99. The molecule has 0 aliphatic carbocycles. The molecule has 1 aliphatic rings. The number of benzene rings is 2. The van der Waals surface area contributed by atoms with Crippen molar-refractivity contribution >= 4 is 27.5 Å². The van der Waals surface area contributed by atoms with E-state index in [1.807, 2.05) is 0 Å². The molecule has 216 valence electrons. The van der Waals surface area contributed by atoms with Crippen LogP contribution >= 0.6 is 0 Å². The Morgan fingerprint density at radius 2 is 1.55 bits per heavy atom. The van der Waals surface area contributed by atoms with Gasteiger partial charge in [0.2, 0.25) is 0 Å². The Hall–Kier alpha value is -3.80. The third-order valence-corrected chi connectivity index (χ3v) is 7.08. The molecule has 0 saturated carbocycles. The van der Waals surface area contributed by atoms with Crippen LogP contribution in [0.4, 0.5) is 36.8 Å². The van der Waals surface area contributed by atoms with Crippen LogP contribution in [0.15, 0.2) is 47.4 Å². The van der Waals surface area contributed by atoms with Crippen LogP contribution in [0, 0.1) is 11.3 Å². The van der Waals surface area contributed by atoms with E-state index < -0.39 is 56.8 Å². The third kappa shape index (κ3) is 5.72. The third-order valence-electron chi connectivity index (χ3n) is 5.97. The molecule has 8 nitrogen and oxygen atoms in total. The molecule has 1 aliphatic heterocycles. The van der Waals surface area contributed by atoms with Gasteiger partial charge in [-0.25, -0.2) is 13.2 Å². The monoisotopic (exact) mass is 591 g/mol. The van der Waals surface area contributed by atoms with E-state index in [1.54, 1.807) is 20.8 Å². The van der Waals surface area contributed by atoms with Gasteiger partial charge >= 0.3 is 18.4 Å². The maximum absolute atomic E-state index is 13.5. The largest absolute Gasteiger partial charge is 0.444 e. The molecular weight excluding hydrogens is 568 g/mol. The fourth-order valence-electron chi connectivity index (χ4n) is 4.13. The Kier molecular flexibility index (Phi) is 7.68. The number of nitriles is 1. The summed E-state index contributed by atoms with van der Waals surface area (Å²) in [5, 5.41) is 11.3. The fourth-order valence-corrected chi connectivity index (χ4v) is 4.80. The Balaban J connectivity index is 1.99.